The molecule has 0 heterocycles. The van der Waals surface area contributed by atoms with Crippen molar-refractivity contribution in [2.24, 2.45) is 0 Å². The Morgan fingerprint density at radius 3 is 2.22 bits per heavy atom. The molecule has 0 aromatic rings. The van der Waals surface area contributed by atoms with E-state index in [0.717, 1.165) is 6.23 Å². The van der Waals surface area contributed by atoms with Crippen LogP contribution in [0, 0.1) is 0 Å². The number of alkyl halides is 1. The summed E-state index contributed by atoms with van der Waals surface area (Å²) in [6.07, 6.45) is 0.930. The first-order chi connectivity index (χ1) is 4.06. The van der Waals surface area contributed by atoms with E-state index in [4.69, 9.17) is 16.3 Å². The highest BCUT2D eigenvalue weighted by Crippen LogP contribution is 1.99. The van der Waals surface area contributed by atoms with Gasteiger partial charge >= 0.3 is 0 Å². The van der Waals surface area contributed by atoms with Crippen LogP contribution in [0.2, 0.25) is 19.6 Å². The topological polar surface area (TPSA) is 9.23 Å². The minimum Gasteiger partial charge on any atom is -0.384 e. The minimum atomic E-state index is -0.975. The van der Waals surface area contributed by atoms with E-state index in [0.29, 0.717) is 12.5 Å². The summed E-state index contributed by atoms with van der Waals surface area (Å²) in [6, 6.07) is 0. The van der Waals surface area contributed by atoms with Crippen LogP contribution in [-0.2, 0) is 4.74 Å². The summed E-state index contributed by atoms with van der Waals surface area (Å²) in [5.41, 5.74) is 0. The van der Waals surface area contributed by atoms with E-state index in [1.54, 1.807) is 0 Å². The molecule has 0 radical (unpaired) electrons. The zero-order chi connectivity index (χ0) is 7.33. The Kier molecular flexibility index (Phi) is 4.53. The van der Waals surface area contributed by atoms with E-state index in [1.165, 1.54) is 0 Å². The maximum Gasteiger partial charge on any atom is 0.0746 e. The van der Waals surface area contributed by atoms with Gasteiger partial charge in [-0.1, -0.05) is 19.6 Å². The molecule has 0 fully saturated rings. The average molecular weight is 167 g/mol. The van der Waals surface area contributed by atoms with Crippen LogP contribution in [0.5, 0.6) is 0 Å². The van der Waals surface area contributed by atoms with Gasteiger partial charge in [-0.15, -0.1) is 11.6 Å². The minimum absolute atomic E-state index is 0.616. The van der Waals surface area contributed by atoms with Gasteiger partial charge in [0, 0.05) is 12.1 Å². The molecule has 1 nitrogen and oxygen atoms in total. The fraction of sp³-hybridized carbons (Fsp3) is 1.00. The molecule has 0 N–H and O–H groups in total. The summed E-state index contributed by atoms with van der Waals surface area (Å²) < 4.78 is 5.28. The van der Waals surface area contributed by atoms with Gasteiger partial charge in [0.2, 0.25) is 0 Å². The molecule has 0 saturated carbocycles. The molecule has 0 aliphatic rings. The highest BCUT2D eigenvalue weighted by atomic mass is 35.5. The zero-order valence-electron chi connectivity index (χ0n) is 6.41. The molecule has 0 aliphatic heterocycles. The van der Waals surface area contributed by atoms with Gasteiger partial charge in [0.25, 0.3) is 0 Å². The van der Waals surface area contributed by atoms with E-state index < -0.39 is 8.07 Å². The lowest BCUT2D eigenvalue weighted by Crippen LogP contribution is -2.28. The van der Waals surface area contributed by atoms with Crippen molar-refractivity contribution < 1.29 is 4.74 Å². The Bertz CT molecular complexity index is 69.9. The van der Waals surface area contributed by atoms with Gasteiger partial charge in [-0.3, -0.25) is 0 Å². The van der Waals surface area contributed by atoms with Gasteiger partial charge in [-0.2, -0.15) is 0 Å². The zero-order valence-corrected chi connectivity index (χ0v) is 8.16. The largest absolute Gasteiger partial charge is 0.384 e. The summed E-state index contributed by atoms with van der Waals surface area (Å²) in [5.74, 6) is 0.616. The Labute approximate surface area is 63.4 Å². The van der Waals surface area contributed by atoms with Gasteiger partial charge < -0.3 is 4.74 Å². The molecule has 0 aliphatic carbocycles. The smallest absolute Gasteiger partial charge is 0.0746 e. The Morgan fingerprint density at radius 1 is 1.33 bits per heavy atom. The highest BCUT2D eigenvalue weighted by molar-refractivity contribution is 6.76. The van der Waals surface area contributed by atoms with Crippen molar-refractivity contribution in [3.05, 3.63) is 0 Å². The van der Waals surface area contributed by atoms with Crippen molar-refractivity contribution in [2.75, 3.05) is 18.7 Å². The van der Waals surface area contributed by atoms with E-state index >= 15 is 0 Å². The molecule has 0 unspecified atom stereocenters. The normalized spacial score (nSPS) is 12.0. The molecule has 0 rings (SSSR count). The van der Waals surface area contributed by atoms with Crippen LogP contribution in [0.4, 0.5) is 0 Å². The summed E-state index contributed by atoms with van der Waals surface area (Å²) >= 11 is 5.42. The second kappa shape index (κ2) is 4.31. The predicted octanol–water partition coefficient (Wildman–Crippen LogP) is 2.12. The van der Waals surface area contributed by atoms with Crippen molar-refractivity contribution >= 4 is 19.7 Å². The Balaban J connectivity index is 3.07. The molecule has 3 heteroatoms. The number of halogens is 1. The first-order valence-corrected chi connectivity index (χ1v) is 7.44. The number of rotatable bonds is 4. The van der Waals surface area contributed by atoms with Crippen molar-refractivity contribution in [3.8, 4) is 0 Å². The molecule has 56 valence electrons. The van der Waals surface area contributed by atoms with Crippen LogP contribution in [0.3, 0.4) is 0 Å². The van der Waals surface area contributed by atoms with Gasteiger partial charge in [-0.05, 0) is 0 Å². The molecular formula is C6H15ClOSi. The second-order valence-corrected chi connectivity index (χ2v) is 9.09. The number of hydrogen-bond donors (Lipinski definition) is 0. The maximum absolute atomic E-state index is 5.42. The molecule has 0 spiro atoms. The summed E-state index contributed by atoms with van der Waals surface area (Å²) in [5, 5.41) is 0. The average Bonchev–Trinajstić information content (AvgIpc) is 1.63. The molecule has 0 saturated heterocycles. The third kappa shape index (κ3) is 8.47. The van der Waals surface area contributed by atoms with E-state index in [2.05, 4.69) is 19.6 Å². The quantitative estimate of drug-likeness (QED) is 0.353. The first-order valence-electron chi connectivity index (χ1n) is 3.20. The SMILES string of the molecule is C[Si](C)(C)COCCCl. The lowest BCUT2D eigenvalue weighted by atomic mass is 10.9. The van der Waals surface area contributed by atoms with Crippen LogP contribution in [0.1, 0.15) is 0 Å². The van der Waals surface area contributed by atoms with Crippen LogP contribution in [0.15, 0.2) is 0 Å². The fourth-order valence-corrected chi connectivity index (χ4v) is 1.30. The van der Waals surface area contributed by atoms with Crippen LogP contribution in [0.25, 0.3) is 0 Å². The van der Waals surface area contributed by atoms with E-state index in [1.807, 2.05) is 0 Å². The van der Waals surface area contributed by atoms with Crippen LogP contribution < -0.4 is 0 Å². The van der Waals surface area contributed by atoms with Gasteiger partial charge in [-0.25, -0.2) is 0 Å². The molecule has 0 bridgehead atoms. The Hall–Kier alpha value is 0.467. The highest BCUT2D eigenvalue weighted by Gasteiger charge is 2.11. The molecular weight excluding hydrogens is 152 g/mol. The predicted molar refractivity (Wildman–Crippen MR) is 44.9 cm³/mol. The lowest BCUT2D eigenvalue weighted by molar-refractivity contribution is 0.191. The van der Waals surface area contributed by atoms with Crippen molar-refractivity contribution in [3.63, 3.8) is 0 Å². The Morgan fingerprint density at radius 2 is 1.89 bits per heavy atom. The van der Waals surface area contributed by atoms with Crippen molar-refractivity contribution in [1.82, 2.24) is 0 Å². The fourth-order valence-electron chi connectivity index (χ4n) is 0.433. The van der Waals surface area contributed by atoms with Crippen LogP contribution in [-0.4, -0.2) is 26.8 Å². The van der Waals surface area contributed by atoms with Gasteiger partial charge in [0.15, 0.2) is 0 Å². The van der Waals surface area contributed by atoms with Crippen molar-refractivity contribution in [1.29, 1.82) is 0 Å². The maximum atomic E-state index is 5.42. The summed E-state index contributed by atoms with van der Waals surface area (Å²) in [7, 11) is -0.975. The number of ether oxygens (including phenoxy) is 1. The summed E-state index contributed by atoms with van der Waals surface area (Å²) in [6.45, 7) is 7.54. The van der Waals surface area contributed by atoms with E-state index in [9.17, 15) is 0 Å². The molecule has 9 heavy (non-hydrogen) atoms. The monoisotopic (exact) mass is 166 g/mol. The molecule has 0 aromatic heterocycles. The lowest BCUT2D eigenvalue weighted by Gasteiger charge is -2.14. The molecule has 0 atom stereocenters. The molecule has 0 aromatic carbocycles. The summed E-state index contributed by atoms with van der Waals surface area (Å²) in [4.78, 5) is 0. The second-order valence-electron chi connectivity index (χ2n) is 3.30. The van der Waals surface area contributed by atoms with Gasteiger partial charge in [0.05, 0.1) is 14.7 Å². The van der Waals surface area contributed by atoms with Gasteiger partial charge in [0.1, 0.15) is 0 Å². The standard InChI is InChI=1S/C6H15ClOSi/c1-9(2,3)6-8-5-4-7/h4-6H2,1-3H3. The third-order valence-electron chi connectivity index (χ3n) is 0.757. The van der Waals surface area contributed by atoms with Crippen LogP contribution >= 0.6 is 11.6 Å². The molecule has 0 amide bonds. The van der Waals surface area contributed by atoms with E-state index in [-0.39, 0.29) is 0 Å². The van der Waals surface area contributed by atoms with Crippen molar-refractivity contribution in [2.45, 2.75) is 19.6 Å². The first kappa shape index (κ1) is 9.47. The third-order valence-corrected chi connectivity index (χ3v) is 1.98. The number of hydrogen-bond acceptors (Lipinski definition) is 1.